The summed E-state index contributed by atoms with van der Waals surface area (Å²) in [6.07, 6.45) is 5.87. The van der Waals surface area contributed by atoms with Crippen molar-refractivity contribution in [3.05, 3.63) is 48.2 Å². The molecular formula is C22H28N4O4S. The highest BCUT2D eigenvalue weighted by Crippen LogP contribution is 2.39. The molecule has 1 unspecified atom stereocenters. The summed E-state index contributed by atoms with van der Waals surface area (Å²) in [5.41, 5.74) is 5.26. The highest BCUT2D eigenvalue weighted by Gasteiger charge is 2.40. The predicted molar refractivity (Wildman–Crippen MR) is 118 cm³/mol. The third-order valence-corrected chi connectivity index (χ3v) is 6.99. The minimum atomic E-state index is -4.15. The maximum atomic E-state index is 13.4. The summed E-state index contributed by atoms with van der Waals surface area (Å²) in [7, 11) is -4.15. The van der Waals surface area contributed by atoms with E-state index in [0.717, 1.165) is 6.42 Å². The minimum Gasteiger partial charge on any atom is -0.473 e. The number of carbonyl (C=O) groups is 1. The van der Waals surface area contributed by atoms with Gasteiger partial charge in [0.05, 0.1) is 4.90 Å². The van der Waals surface area contributed by atoms with Gasteiger partial charge in [0.1, 0.15) is 18.0 Å². The van der Waals surface area contributed by atoms with Crippen molar-refractivity contribution in [2.24, 2.45) is 11.7 Å². The molecule has 2 aromatic heterocycles. The van der Waals surface area contributed by atoms with Gasteiger partial charge in [-0.15, -0.1) is 0 Å². The number of carbonyl (C=O) groups excluding carboxylic acids is 1. The normalized spacial score (nSPS) is 18.5. The molecule has 166 valence electrons. The van der Waals surface area contributed by atoms with Gasteiger partial charge in [0.25, 0.3) is 5.91 Å². The molecule has 1 amide bonds. The van der Waals surface area contributed by atoms with E-state index in [1.54, 1.807) is 18.2 Å². The maximum absolute atomic E-state index is 13.4. The molecule has 0 radical (unpaired) electrons. The summed E-state index contributed by atoms with van der Waals surface area (Å²) in [6, 6.07) is 5.77. The quantitative estimate of drug-likeness (QED) is 0.653. The largest absolute Gasteiger partial charge is 0.473 e. The molecule has 1 aliphatic heterocycles. The first-order chi connectivity index (χ1) is 14.6. The molecule has 2 N–H and O–H groups in total. The first kappa shape index (κ1) is 22.7. The number of rotatable bonds is 7. The average Bonchev–Trinajstić information content (AvgIpc) is 2.99. The van der Waals surface area contributed by atoms with Crippen molar-refractivity contribution >= 4 is 21.6 Å². The lowest BCUT2D eigenvalue weighted by Gasteiger charge is -2.33. The van der Waals surface area contributed by atoms with Crippen molar-refractivity contribution in [2.75, 3.05) is 18.1 Å². The first-order valence-electron chi connectivity index (χ1n) is 10.1. The number of amides is 1. The zero-order valence-electron chi connectivity index (χ0n) is 18.2. The van der Waals surface area contributed by atoms with E-state index < -0.39 is 15.7 Å². The van der Waals surface area contributed by atoms with E-state index in [1.807, 2.05) is 31.7 Å². The lowest BCUT2D eigenvalue weighted by atomic mass is 9.97. The Kier molecular flexibility index (Phi) is 6.35. The average molecular weight is 445 g/mol. The van der Waals surface area contributed by atoms with E-state index in [-0.39, 0.29) is 39.3 Å². The fourth-order valence-electron chi connectivity index (χ4n) is 4.02. The molecule has 3 rings (SSSR count). The monoisotopic (exact) mass is 444 g/mol. The van der Waals surface area contributed by atoms with Crippen LogP contribution in [0.2, 0.25) is 0 Å². The number of anilines is 1. The van der Waals surface area contributed by atoms with E-state index in [2.05, 4.69) is 16.9 Å². The van der Waals surface area contributed by atoms with Crippen molar-refractivity contribution < 1.29 is 17.9 Å². The van der Waals surface area contributed by atoms with Gasteiger partial charge in [-0.25, -0.2) is 18.4 Å². The SMILES string of the molecule is C/C=C/COc1cccc(S(=O)(=O)c2ccnc(N3CC(C)CC3(C)C)c2C(N)=O)n1. The number of pyridine rings is 2. The number of sulfone groups is 1. The fraction of sp³-hybridized carbons (Fsp3) is 0.409. The Balaban J connectivity index is 2.11. The molecule has 1 saturated heterocycles. The molecule has 1 aliphatic rings. The highest BCUT2D eigenvalue weighted by atomic mass is 32.2. The Hall–Kier alpha value is -2.94. The van der Waals surface area contributed by atoms with Crippen LogP contribution in [0, 0.1) is 5.92 Å². The van der Waals surface area contributed by atoms with Crippen molar-refractivity contribution in [1.82, 2.24) is 9.97 Å². The van der Waals surface area contributed by atoms with E-state index in [1.165, 1.54) is 18.3 Å². The van der Waals surface area contributed by atoms with Crippen LogP contribution < -0.4 is 15.4 Å². The predicted octanol–water partition coefficient (Wildman–Crippen LogP) is 2.99. The van der Waals surface area contributed by atoms with E-state index in [9.17, 15) is 13.2 Å². The Morgan fingerprint density at radius 2 is 2.10 bits per heavy atom. The second kappa shape index (κ2) is 8.66. The highest BCUT2D eigenvalue weighted by molar-refractivity contribution is 7.91. The van der Waals surface area contributed by atoms with Crippen LogP contribution in [0.3, 0.4) is 0 Å². The Morgan fingerprint density at radius 1 is 1.35 bits per heavy atom. The minimum absolute atomic E-state index is 0.119. The Bertz CT molecular complexity index is 1110. The fourth-order valence-corrected chi connectivity index (χ4v) is 5.42. The number of hydrogen-bond donors (Lipinski definition) is 1. The number of nitrogens with zero attached hydrogens (tertiary/aromatic N) is 3. The zero-order valence-corrected chi connectivity index (χ0v) is 19.0. The molecule has 0 saturated carbocycles. The number of ether oxygens (including phenoxy) is 1. The molecule has 0 aromatic carbocycles. The van der Waals surface area contributed by atoms with Crippen molar-refractivity contribution in [1.29, 1.82) is 0 Å². The topological polar surface area (TPSA) is 115 Å². The van der Waals surface area contributed by atoms with Gasteiger partial charge < -0.3 is 15.4 Å². The van der Waals surface area contributed by atoms with Crippen LogP contribution in [-0.2, 0) is 9.84 Å². The van der Waals surface area contributed by atoms with Crippen LogP contribution in [0.1, 0.15) is 44.5 Å². The third kappa shape index (κ3) is 4.56. The number of primary amides is 1. The summed E-state index contributed by atoms with van der Waals surface area (Å²) in [6.45, 7) is 8.95. The van der Waals surface area contributed by atoms with Gasteiger partial charge in [-0.1, -0.05) is 25.1 Å². The molecule has 8 nitrogen and oxygen atoms in total. The van der Waals surface area contributed by atoms with Gasteiger partial charge in [0.15, 0.2) is 5.03 Å². The molecule has 2 aromatic rings. The molecule has 31 heavy (non-hydrogen) atoms. The molecule has 1 fully saturated rings. The standard InChI is InChI=1S/C22H28N4O4S/c1-5-6-12-30-17-8-7-9-18(25-17)31(28,29)16-10-11-24-21(19(16)20(23)27)26-14-15(2)13-22(26,3)4/h5-11,15H,12-14H2,1-4H3,(H2,23,27)/b6-5+. The number of aromatic nitrogens is 2. The van der Waals surface area contributed by atoms with E-state index in [0.29, 0.717) is 12.5 Å². The molecule has 1 atom stereocenters. The second-order valence-electron chi connectivity index (χ2n) is 8.30. The van der Waals surface area contributed by atoms with Crippen LogP contribution in [-0.4, -0.2) is 43.0 Å². The van der Waals surface area contributed by atoms with Gasteiger partial charge in [0.2, 0.25) is 15.7 Å². The molecule has 9 heteroatoms. The smallest absolute Gasteiger partial charge is 0.253 e. The summed E-state index contributed by atoms with van der Waals surface area (Å²) in [5.74, 6) is -0.0324. The summed E-state index contributed by atoms with van der Waals surface area (Å²) in [4.78, 5) is 22.7. The summed E-state index contributed by atoms with van der Waals surface area (Å²) >= 11 is 0. The summed E-state index contributed by atoms with van der Waals surface area (Å²) < 4.78 is 32.4. The summed E-state index contributed by atoms with van der Waals surface area (Å²) in [5, 5.41) is -0.223. The molecule has 0 aliphatic carbocycles. The molecular weight excluding hydrogens is 416 g/mol. The van der Waals surface area contributed by atoms with Crippen LogP contribution in [0.25, 0.3) is 0 Å². The first-order valence-corrected chi connectivity index (χ1v) is 11.6. The van der Waals surface area contributed by atoms with E-state index >= 15 is 0 Å². The molecule has 3 heterocycles. The molecule has 0 bridgehead atoms. The van der Waals surface area contributed by atoms with Crippen molar-refractivity contribution in [2.45, 2.75) is 49.6 Å². The van der Waals surface area contributed by atoms with Crippen LogP contribution in [0.15, 0.2) is 52.5 Å². The van der Waals surface area contributed by atoms with Crippen LogP contribution >= 0.6 is 0 Å². The van der Waals surface area contributed by atoms with Crippen LogP contribution in [0.5, 0.6) is 5.88 Å². The number of allylic oxidation sites excluding steroid dienone is 1. The zero-order chi connectivity index (χ0) is 22.8. The lowest BCUT2D eigenvalue weighted by molar-refractivity contribution is 0.0997. The van der Waals surface area contributed by atoms with Gasteiger partial charge >= 0.3 is 0 Å². The third-order valence-electron chi connectivity index (χ3n) is 5.29. The number of hydrogen-bond acceptors (Lipinski definition) is 7. The van der Waals surface area contributed by atoms with Gasteiger partial charge in [0, 0.05) is 24.3 Å². The Labute approximate surface area is 183 Å². The second-order valence-corrected chi connectivity index (χ2v) is 10.2. The van der Waals surface area contributed by atoms with Gasteiger partial charge in [-0.3, -0.25) is 4.79 Å². The van der Waals surface area contributed by atoms with Crippen molar-refractivity contribution in [3.63, 3.8) is 0 Å². The van der Waals surface area contributed by atoms with Gasteiger partial charge in [-0.2, -0.15) is 0 Å². The number of nitrogens with two attached hydrogens (primary N) is 1. The van der Waals surface area contributed by atoms with Crippen LogP contribution in [0.4, 0.5) is 5.82 Å². The van der Waals surface area contributed by atoms with E-state index in [4.69, 9.17) is 10.5 Å². The lowest BCUT2D eigenvalue weighted by Crippen LogP contribution is -2.40. The van der Waals surface area contributed by atoms with Gasteiger partial charge in [-0.05, 0) is 45.2 Å². The maximum Gasteiger partial charge on any atom is 0.253 e. The molecule has 0 spiro atoms. The van der Waals surface area contributed by atoms with Crippen molar-refractivity contribution in [3.8, 4) is 5.88 Å². The Morgan fingerprint density at radius 3 is 2.71 bits per heavy atom.